The third kappa shape index (κ3) is 4.50. The summed E-state index contributed by atoms with van der Waals surface area (Å²) in [4.78, 5) is 0. The Bertz CT molecular complexity index is 441. The highest BCUT2D eigenvalue weighted by molar-refractivity contribution is 5.39. The van der Waals surface area contributed by atoms with Crippen LogP contribution in [0.2, 0.25) is 0 Å². The fraction of sp³-hybridized carbons (Fsp3) is 0.647. The maximum absolute atomic E-state index is 10.4. The van der Waals surface area contributed by atoms with Crippen LogP contribution in [0.25, 0.3) is 0 Å². The van der Waals surface area contributed by atoms with E-state index < -0.39 is 5.60 Å². The molecule has 0 amide bonds. The van der Waals surface area contributed by atoms with Crippen LogP contribution < -0.4 is 10.1 Å². The Morgan fingerprint density at radius 2 is 2.15 bits per heavy atom. The van der Waals surface area contributed by atoms with Crippen LogP contribution in [0.3, 0.4) is 0 Å². The van der Waals surface area contributed by atoms with Gasteiger partial charge in [0.15, 0.2) is 0 Å². The van der Waals surface area contributed by atoms with E-state index in [1.807, 2.05) is 6.92 Å². The van der Waals surface area contributed by atoms with Crippen LogP contribution in [0.1, 0.15) is 44.7 Å². The summed E-state index contributed by atoms with van der Waals surface area (Å²) in [5.74, 6) is 1.03. The second-order valence-electron chi connectivity index (χ2n) is 6.40. The number of ether oxygens (including phenoxy) is 1. The number of fused-ring (bicyclic) bond motifs is 1. The molecule has 1 aliphatic rings. The second-order valence-corrected chi connectivity index (χ2v) is 6.40. The molecular weight excluding hydrogens is 250 g/mol. The third-order valence-electron chi connectivity index (χ3n) is 3.92. The van der Waals surface area contributed by atoms with Crippen molar-refractivity contribution >= 4 is 0 Å². The zero-order chi connectivity index (χ0) is 14.6. The molecule has 3 nitrogen and oxygen atoms in total. The van der Waals surface area contributed by atoms with Gasteiger partial charge in [0.05, 0.1) is 12.2 Å². The molecule has 1 atom stereocenters. The average Bonchev–Trinajstić information content (AvgIpc) is 2.83. The van der Waals surface area contributed by atoms with Gasteiger partial charge in [0.1, 0.15) is 5.75 Å². The van der Waals surface area contributed by atoms with E-state index in [9.17, 15) is 5.11 Å². The van der Waals surface area contributed by atoms with Crippen molar-refractivity contribution in [2.45, 2.75) is 58.1 Å². The second kappa shape index (κ2) is 6.59. The predicted octanol–water partition coefficient (Wildman–Crippen LogP) is 2.69. The Hall–Kier alpha value is -1.06. The van der Waals surface area contributed by atoms with Gasteiger partial charge in [-0.3, -0.25) is 0 Å². The molecular formula is C17H27NO2. The Morgan fingerprint density at radius 1 is 1.35 bits per heavy atom. The SMILES string of the molecule is CC(C)NCCC(C)(O)CCc1ccc2c(c1)CCO2. The summed E-state index contributed by atoms with van der Waals surface area (Å²) in [6.07, 6.45) is 3.52. The molecule has 1 aliphatic heterocycles. The van der Waals surface area contributed by atoms with Gasteiger partial charge in [-0.15, -0.1) is 0 Å². The zero-order valence-electron chi connectivity index (χ0n) is 12.9. The lowest BCUT2D eigenvalue weighted by Crippen LogP contribution is -2.33. The molecule has 0 aromatic heterocycles. The summed E-state index contributed by atoms with van der Waals surface area (Å²) in [6, 6.07) is 6.88. The molecule has 0 radical (unpaired) electrons. The van der Waals surface area contributed by atoms with Crippen LogP contribution in [0.5, 0.6) is 5.75 Å². The molecule has 112 valence electrons. The smallest absolute Gasteiger partial charge is 0.122 e. The topological polar surface area (TPSA) is 41.5 Å². The highest BCUT2D eigenvalue weighted by Crippen LogP contribution is 2.27. The maximum atomic E-state index is 10.4. The van der Waals surface area contributed by atoms with Crippen molar-refractivity contribution in [3.8, 4) is 5.75 Å². The lowest BCUT2D eigenvalue weighted by molar-refractivity contribution is 0.0421. The Morgan fingerprint density at radius 3 is 2.90 bits per heavy atom. The zero-order valence-corrected chi connectivity index (χ0v) is 12.9. The van der Waals surface area contributed by atoms with Crippen molar-refractivity contribution in [3.63, 3.8) is 0 Å². The maximum Gasteiger partial charge on any atom is 0.122 e. The van der Waals surface area contributed by atoms with E-state index in [2.05, 4.69) is 37.4 Å². The first-order valence-electron chi connectivity index (χ1n) is 7.67. The van der Waals surface area contributed by atoms with Gasteiger partial charge in [-0.25, -0.2) is 0 Å². The van der Waals surface area contributed by atoms with Gasteiger partial charge in [0.25, 0.3) is 0 Å². The van der Waals surface area contributed by atoms with Crippen molar-refractivity contribution in [1.82, 2.24) is 5.32 Å². The summed E-state index contributed by atoms with van der Waals surface area (Å²) >= 11 is 0. The number of rotatable bonds is 7. The molecule has 0 aliphatic carbocycles. The molecule has 0 fully saturated rings. The number of hydrogen-bond donors (Lipinski definition) is 2. The van der Waals surface area contributed by atoms with E-state index in [4.69, 9.17) is 4.74 Å². The van der Waals surface area contributed by atoms with Gasteiger partial charge in [-0.1, -0.05) is 26.0 Å². The molecule has 0 saturated carbocycles. The Kier molecular flexibility index (Phi) is 5.06. The first kappa shape index (κ1) is 15.3. The van der Waals surface area contributed by atoms with Crippen LogP contribution in [-0.2, 0) is 12.8 Å². The van der Waals surface area contributed by atoms with E-state index in [0.717, 1.165) is 44.6 Å². The highest BCUT2D eigenvalue weighted by Gasteiger charge is 2.20. The predicted molar refractivity (Wildman–Crippen MR) is 82.3 cm³/mol. The molecule has 1 heterocycles. The van der Waals surface area contributed by atoms with Crippen LogP contribution >= 0.6 is 0 Å². The van der Waals surface area contributed by atoms with Gasteiger partial charge in [0, 0.05) is 12.5 Å². The van der Waals surface area contributed by atoms with Crippen molar-refractivity contribution in [2.75, 3.05) is 13.2 Å². The van der Waals surface area contributed by atoms with Gasteiger partial charge >= 0.3 is 0 Å². The van der Waals surface area contributed by atoms with Crippen LogP contribution in [-0.4, -0.2) is 29.9 Å². The van der Waals surface area contributed by atoms with Crippen LogP contribution in [0, 0.1) is 0 Å². The average molecular weight is 277 g/mol. The molecule has 2 rings (SSSR count). The quantitative estimate of drug-likeness (QED) is 0.805. The third-order valence-corrected chi connectivity index (χ3v) is 3.92. The number of benzene rings is 1. The molecule has 1 aromatic carbocycles. The first-order chi connectivity index (χ1) is 9.46. The number of hydrogen-bond acceptors (Lipinski definition) is 3. The van der Waals surface area contributed by atoms with Gasteiger partial charge < -0.3 is 15.2 Å². The number of aliphatic hydroxyl groups is 1. The fourth-order valence-electron chi connectivity index (χ4n) is 2.56. The minimum Gasteiger partial charge on any atom is -0.493 e. The van der Waals surface area contributed by atoms with Crippen molar-refractivity contribution in [3.05, 3.63) is 29.3 Å². The molecule has 0 spiro atoms. The largest absolute Gasteiger partial charge is 0.493 e. The molecule has 3 heteroatoms. The van der Waals surface area contributed by atoms with Crippen molar-refractivity contribution in [2.24, 2.45) is 0 Å². The number of nitrogens with one attached hydrogen (secondary N) is 1. The standard InChI is InChI=1S/C17H27NO2/c1-13(2)18-10-9-17(3,19)8-6-14-4-5-16-15(12-14)7-11-20-16/h4-5,12-13,18-19H,6-11H2,1-3H3. The van der Waals surface area contributed by atoms with E-state index >= 15 is 0 Å². The summed E-state index contributed by atoms with van der Waals surface area (Å²) in [5.41, 5.74) is 2.01. The van der Waals surface area contributed by atoms with Crippen LogP contribution in [0.15, 0.2) is 18.2 Å². The van der Waals surface area contributed by atoms with Crippen LogP contribution in [0.4, 0.5) is 0 Å². The Balaban J connectivity index is 1.81. The lowest BCUT2D eigenvalue weighted by atomic mass is 9.93. The van der Waals surface area contributed by atoms with Crippen molar-refractivity contribution in [1.29, 1.82) is 0 Å². The minimum absolute atomic E-state index is 0.475. The molecule has 0 bridgehead atoms. The molecule has 0 saturated heterocycles. The normalized spacial score (nSPS) is 16.9. The first-order valence-corrected chi connectivity index (χ1v) is 7.67. The molecule has 2 N–H and O–H groups in total. The highest BCUT2D eigenvalue weighted by atomic mass is 16.5. The summed E-state index contributed by atoms with van der Waals surface area (Å²) in [5, 5.41) is 13.8. The van der Waals surface area contributed by atoms with E-state index in [0.29, 0.717) is 6.04 Å². The summed E-state index contributed by atoms with van der Waals surface area (Å²) in [6.45, 7) is 7.86. The van der Waals surface area contributed by atoms with Gasteiger partial charge in [0.2, 0.25) is 0 Å². The monoisotopic (exact) mass is 277 g/mol. The molecule has 20 heavy (non-hydrogen) atoms. The number of aryl methyl sites for hydroxylation is 1. The molecule has 1 aromatic rings. The Labute approximate surface area is 122 Å². The van der Waals surface area contributed by atoms with E-state index in [1.165, 1.54) is 11.1 Å². The van der Waals surface area contributed by atoms with Gasteiger partial charge in [-0.05, 0) is 49.9 Å². The lowest BCUT2D eigenvalue weighted by Gasteiger charge is -2.24. The van der Waals surface area contributed by atoms with Crippen molar-refractivity contribution < 1.29 is 9.84 Å². The van der Waals surface area contributed by atoms with Gasteiger partial charge in [-0.2, -0.15) is 0 Å². The van der Waals surface area contributed by atoms with E-state index in [1.54, 1.807) is 0 Å². The summed E-state index contributed by atoms with van der Waals surface area (Å²) < 4.78 is 5.52. The van der Waals surface area contributed by atoms with E-state index in [-0.39, 0.29) is 0 Å². The summed E-state index contributed by atoms with van der Waals surface area (Å²) in [7, 11) is 0. The fourth-order valence-corrected chi connectivity index (χ4v) is 2.56. The minimum atomic E-state index is -0.600. The molecule has 1 unspecified atom stereocenters.